The van der Waals surface area contributed by atoms with Crippen molar-refractivity contribution in [2.45, 2.75) is 20.0 Å². The van der Waals surface area contributed by atoms with E-state index in [-0.39, 0.29) is 27.8 Å². The van der Waals surface area contributed by atoms with Crippen LogP contribution >= 0.6 is 0 Å². The van der Waals surface area contributed by atoms with Crippen molar-refractivity contribution >= 4 is 0 Å². The minimum absolute atomic E-state index is 0.0462. The van der Waals surface area contributed by atoms with Gasteiger partial charge < -0.3 is 0 Å². The monoisotopic (exact) mass is 438 g/mol. The fourth-order valence-electron chi connectivity index (χ4n) is 3.68. The van der Waals surface area contributed by atoms with Gasteiger partial charge in [-0.15, -0.1) is 0 Å². The Morgan fingerprint density at radius 1 is 0.531 bits per heavy atom. The average molecular weight is 438 g/mol. The molecule has 4 rings (SSSR count). The third kappa shape index (κ3) is 4.28. The first-order chi connectivity index (χ1) is 15.1. The van der Waals surface area contributed by atoms with Crippen molar-refractivity contribution in [3.63, 3.8) is 0 Å². The zero-order valence-electron chi connectivity index (χ0n) is 17.4. The maximum atomic E-state index is 14.9. The Kier molecular flexibility index (Phi) is 5.59. The van der Waals surface area contributed by atoms with E-state index in [1.54, 1.807) is 6.07 Å². The Labute approximate surface area is 183 Å². The SMILES string of the molecule is Cc1ccc(-c2ccc(-c3ccc(-c4ccc(C)c(C(F)(F)F)c4)cc3F)c(F)c2)cc1. The second-order valence-corrected chi connectivity index (χ2v) is 7.78. The summed E-state index contributed by atoms with van der Waals surface area (Å²) < 4.78 is 69.4. The standard InChI is InChI=1S/C27H19F5/c1-16-3-6-18(7-4-16)20-9-11-22(25(28)14-20)23-12-10-21(15-26(23)29)19-8-5-17(2)24(13-19)27(30,31)32/h3-15H,1-2H3. The molecule has 0 unspecified atom stereocenters. The molecule has 4 aromatic rings. The Balaban J connectivity index is 1.69. The highest BCUT2D eigenvalue weighted by Gasteiger charge is 2.32. The van der Waals surface area contributed by atoms with Gasteiger partial charge in [0.05, 0.1) is 5.56 Å². The molecule has 0 aromatic heterocycles. The summed E-state index contributed by atoms with van der Waals surface area (Å²) in [6.45, 7) is 3.33. The highest BCUT2D eigenvalue weighted by molar-refractivity contribution is 5.74. The van der Waals surface area contributed by atoms with Gasteiger partial charge >= 0.3 is 6.18 Å². The van der Waals surface area contributed by atoms with Crippen LogP contribution in [0.1, 0.15) is 16.7 Å². The van der Waals surface area contributed by atoms with Crippen LogP contribution in [-0.2, 0) is 6.18 Å². The summed E-state index contributed by atoms with van der Waals surface area (Å²) in [5.74, 6) is -1.29. The van der Waals surface area contributed by atoms with E-state index in [1.807, 2.05) is 31.2 Å². The summed E-state index contributed by atoms with van der Waals surface area (Å²) in [7, 11) is 0. The van der Waals surface area contributed by atoms with Crippen LogP contribution in [0.5, 0.6) is 0 Å². The number of aryl methyl sites for hydroxylation is 2. The molecule has 0 fully saturated rings. The zero-order chi connectivity index (χ0) is 23.0. The summed E-state index contributed by atoms with van der Waals surface area (Å²) >= 11 is 0. The van der Waals surface area contributed by atoms with Crippen molar-refractivity contribution in [1.29, 1.82) is 0 Å². The molecule has 32 heavy (non-hydrogen) atoms. The number of alkyl halides is 3. The number of hydrogen-bond acceptors (Lipinski definition) is 0. The van der Waals surface area contributed by atoms with E-state index in [9.17, 15) is 22.0 Å². The lowest BCUT2D eigenvalue weighted by Gasteiger charge is -2.13. The Morgan fingerprint density at radius 2 is 0.969 bits per heavy atom. The number of hydrogen-bond donors (Lipinski definition) is 0. The fraction of sp³-hybridized carbons (Fsp3) is 0.111. The van der Waals surface area contributed by atoms with E-state index in [0.29, 0.717) is 5.56 Å². The van der Waals surface area contributed by atoms with Crippen LogP contribution in [-0.4, -0.2) is 0 Å². The third-order valence-electron chi connectivity index (χ3n) is 5.49. The molecule has 4 aromatic carbocycles. The minimum Gasteiger partial charge on any atom is -0.206 e. The first kappa shape index (κ1) is 21.8. The lowest BCUT2D eigenvalue weighted by Crippen LogP contribution is -2.07. The van der Waals surface area contributed by atoms with Crippen molar-refractivity contribution < 1.29 is 22.0 Å². The van der Waals surface area contributed by atoms with Crippen molar-refractivity contribution in [1.82, 2.24) is 0 Å². The van der Waals surface area contributed by atoms with Crippen molar-refractivity contribution in [2.75, 3.05) is 0 Å². The van der Waals surface area contributed by atoms with Crippen LogP contribution in [0.25, 0.3) is 33.4 Å². The van der Waals surface area contributed by atoms with Crippen LogP contribution in [0, 0.1) is 25.5 Å². The molecule has 0 atom stereocenters. The molecule has 0 nitrogen and oxygen atoms in total. The Bertz CT molecular complexity index is 1280. The molecule has 0 N–H and O–H groups in total. The van der Waals surface area contributed by atoms with Gasteiger partial charge in [-0.3, -0.25) is 0 Å². The molecular formula is C27H19F5. The molecule has 0 aliphatic heterocycles. The predicted molar refractivity (Wildman–Crippen MR) is 117 cm³/mol. The van der Waals surface area contributed by atoms with Gasteiger partial charge in [-0.1, -0.05) is 66.2 Å². The van der Waals surface area contributed by atoms with Gasteiger partial charge in [-0.2, -0.15) is 13.2 Å². The maximum absolute atomic E-state index is 14.9. The molecule has 0 heterocycles. The molecule has 0 radical (unpaired) electrons. The third-order valence-corrected chi connectivity index (χ3v) is 5.49. The van der Waals surface area contributed by atoms with Crippen LogP contribution in [0.3, 0.4) is 0 Å². The highest BCUT2D eigenvalue weighted by Crippen LogP contribution is 2.36. The smallest absolute Gasteiger partial charge is 0.206 e. The maximum Gasteiger partial charge on any atom is 0.416 e. The molecule has 0 saturated heterocycles. The van der Waals surface area contributed by atoms with Crippen LogP contribution in [0.4, 0.5) is 22.0 Å². The fourth-order valence-corrected chi connectivity index (χ4v) is 3.68. The van der Waals surface area contributed by atoms with Gasteiger partial charge in [0.25, 0.3) is 0 Å². The van der Waals surface area contributed by atoms with Gasteiger partial charge in [0.2, 0.25) is 0 Å². The van der Waals surface area contributed by atoms with Crippen molar-refractivity contribution in [3.8, 4) is 33.4 Å². The zero-order valence-corrected chi connectivity index (χ0v) is 17.4. The molecule has 0 saturated carbocycles. The predicted octanol–water partition coefficient (Wildman–Crippen LogP) is 8.60. The molecule has 5 heteroatoms. The minimum atomic E-state index is -4.50. The first-order valence-corrected chi connectivity index (χ1v) is 9.98. The van der Waals surface area contributed by atoms with Gasteiger partial charge in [-0.05, 0) is 59.9 Å². The van der Waals surface area contributed by atoms with Gasteiger partial charge in [0, 0.05) is 11.1 Å². The normalized spacial score (nSPS) is 11.6. The van der Waals surface area contributed by atoms with E-state index < -0.39 is 23.4 Å². The largest absolute Gasteiger partial charge is 0.416 e. The van der Waals surface area contributed by atoms with Crippen molar-refractivity contribution in [2.24, 2.45) is 0 Å². The topological polar surface area (TPSA) is 0 Å². The Hall–Kier alpha value is -3.47. The van der Waals surface area contributed by atoms with Gasteiger partial charge in [0.15, 0.2) is 0 Å². The number of benzene rings is 4. The summed E-state index contributed by atoms with van der Waals surface area (Å²) in [4.78, 5) is 0. The Morgan fingerprint density at radius 3 is 1.47 bits per heavy atom. The summed E-state index contributed by atoms with van der Waals surface area (Å²) in [5, 5.41) is 0. The summed E-state index contributed by atoms with van der Waals surface area (Å²) in [6, 6.07) is 20.1. The molecule has 0 amide bonds. The average Bonchev–Trinajstić information content (AvgIpc) is 2.74. The van der Waals surface area contributed by atoms with Gasteiger partial charge in [0.1, 0.15) is 11.6 Å². The molecular weight excluding hydrogens is 419 g/mol. The number of halogens is 5. The summed E-state index contributed by atoms with van der Waals surface area (Å²) in [5.41, 5.74) is 2.58. The van der Waals surface area contributed by atoms with E-state index >= 15 is 0 Å². The molecule has 0 aliphatic carbocycles. The van der Waals surface area contributed by atoms with Crippen LogP contribution in [0.2, 0.25) is 0 Å². The van der Waals surface area contributed by atoms with E-state index in [2.05, 4.69) is 0 Å². The second kappa shape index (κ2) is 8.23. The lowest BCUT2D eigenvalue weighted by molar-refractivity contribution is -0.138. The van der Waals surface area contributed by atoms with Crippen LogP contribution < -0.4 is 0 Å². The van der Waals surface area contributed by atoms with E-state index in [1.165, 1.54) is 43.3 Å². The summed E-state index contributed by atoms with van der Waals surface area (Å²) in [6.07, 6.45) is -4.50. The van der Waals surface area contributed by atoms with E-state index in [0.717, 1.165) is 23.3 Å². The van der Waals surface area contributed by atoms with Crippen LogP contribution in [0.15, 0.2) is 78.9 Å². The van der Waals surface area contributed by atoms with Crippen molar-refractivity contribution in [3.05, 3.63) is 107 Å². The quantitative estimate of drug-likeness (QED) is 0.281. The van der Waals surface area contributed by atoms with E-state index in [4.69, 9.17) is 0 Å². The first-order valence-electron chi connectivity index (χ1n) is 9.98. The van der Waals surface area contributed by atoms with Gasteiger partial charge in [-0.25, -0.2) is 8.78 Å². The highest BCUT2D eigenvalue weighted by atomic mass is 19.4. The molecule has 0 bridgehead atoms. The molecule has 162 valence electrons. The number of rotatable bonds is 3. The second-order valence-electron chi connectivity index (χ2n) is 7.78. The lowest BCUT2D eigenvalue weighted by atomic mass is 9.95. The molecule has 0 aliphatic rings. The molecule has 0 spiro atoms.